The Bertz CT molecular complexity index is 720. The SMILES string of the molecule is O=C(CSc1ccccc1-n1cccc1)c1ccccc1. The highest BCUT2D eigenvalue weighted by Gasteiger charge is 2.09. The van der Waals surface area contributed by atoms with E-state index in [-0.39, 0.29) is 5.78 Å². The zero-order valence-electron chi connectivity index (χ0n) is 11.5. The predicted octanol–water partition coefficient (Wildman–Crippen LogP) is 4.45. The van der Waals surface area contributed by atoms with Crippen molar-refractivity contribution in [3.63, 3.8) is 0 Å². The van der Waals surface area contributed by atoms with E-state index in [1.807, 2.05) is 67.0 Å². The first-order valence-electron chi connectivity index (χ1n) is 6.78. The molecule has 0 saturated carbocycles. The van der Waals surface area contributed by atoms with Crippen molar-refractivity contribution in [2.45, 2.75) is 4.90 Å². The summed E-state index contributed by atoms with van der Waals surface area (Å²) in [6.45, 7) is 0. The van der Waals surface area contributed by atoms with Gasteiger partial charge >= 0.3 is 0 Å². The molecule has 0 N–H and O–H groups in total. The van der Waals surface area contributed by atoms with Crippen molar-refractivity contribution in [2.75, 3.05) is 5.75 Å². The maximum Gasteiger partial charge on any atom is 0.173 e. The highest BCUT2D eigenvalue weighted by atomic mass is 32.2. The van der Waals surface area contributed by atoms with Crippen LogP contribution < -0.4 is 0 Å². The fourth-order valence-electron chi connectivity index (χ4n) is 2.14. The summed E-state index contributed by atoms with van der Waals surface area (Å²) in [5, 5.41) is 0. The zero-order chi connectivity index (χ0) is 14.5. The van der Waals surface area contributed by atoms with E-state index in [0.717, 1.165) is 16.1 Å². The number of Topliss-reactive ketones (excluding diaryl/α,β-unsaturated/α-hetero) is 1. The Morgan fingerprint density at radius 3 is 2.29 bits per heavy atom. The van der Waals surface area contributed by atoms with E-state index in [9.17, 15) is 4.79 Å². The van der Waals surface area contributed by atoms with Crippen molar-refractivity contribution in [1.29, 1.82) is 0 Å². The summed E-state index contributed by atoms with van der Waals surface area (Å²) < 4.78 is 2.06. The Balaban J connectivity index is 1.76. The van der Waals surface area contributed by atoms with Gasteiger partial charge in [0.05, 0.1) is 11.4 Å². The molecule has 2 aromatic carbocycles. The van der Waals surface area contributed by atoms with Crippen molar-refractivity contribution < 1.29 is 4.79 Å². The number of ketones is 1. The molecule has 0 spiro atoms. The third kappa shape index (κ3) is 3.26. The monoisotopic (exact) mass is 293 g/mol. The van der Waals surface area contributed by atoms with Crippen molar-refractivity contribution >= 4 is 17.5 Å². The van der Waals surface area contributed by atoms with Crippen LogP contribution in [0.15, 0.2) is 84.0 Å². The molecule has 21 heavy (non-hydrogen) atoms. The van der Waals surface area contributed by atoms with Crippen LogP contribution in [0.25, 0.3) is 5.69 Å². The van der Waals surface area contributed by atoms with Crippen molar-refractivity contribution in [2.24, 2.45) is 0 Å². The van der Waals surface area contributed by atoms with Crippen LogP contribution >= 0.6 is 11.8 Å². The molecule has 0 saturated heterocycles. The number of hydrogen-bond acceptors (Lipinski definition) is 2. The number of hydrogen-bond donors (Lipinski definition) is 0. The lowest BCUT2D eigenvalue weighted by Gasteiger charge is -2.09. The second-order valence-corrected chi connectivity index (χ2v) is 5.65. The lowest BCUT2D eigenvalue weighted by molar-refractivity contribution is 0.102. The Morgan fingerprint density at radius 1 is 0.857 bits per heavy atom. The third-order valence-electron chi connectivity index (χ3n) is 3.20. The summed E-state index contributed by atoms with van der Waals surface area (Å²) >= 11 is 1.58. The number of benzene rings is 2. The lowest BCUT2D eigenvalue weighted by Crippen LogP contribution is -2.02. The van der Waals surface area contributed by atoms with Gasteiger partial charge in [-0.15, -0.1) is 11.8 Å². The van der Waals surface area contributed by atoms with Gasteiger partial charge in [-0.25, -0.2) is 0 Å². The minimum absolute atomic E-state index is 0.155. The first kappa shape index (κ1) is 13.7. The Labute approximate surface area is 128 Å². The topological polar surface area (TPSA) is 22.0 Å². The molecule has 2 nitrogen and oxygen atoms in total. The first-order chi connectivity index (χ1) is 10.3. The Kier molecular flexibility index (Phi) is 4.22. The molecule has 0 aliphatic carbocycles. The summed E-state index contributed by atoms with van der Waals surface area (Å²) in [6.07, 6.45) is 4.02. The second kappa shape index (κ2) is 6.46. The molecule has 3 heteroatoms. The van der Waals surface area contributed by atoms with Crippen LogP contribution in [-0.4, -0.2) is 16.1 Å². The molecule has 0 radical (unpaired) electrons. The van der Waals surface area contributed by atoms with Crippen molar-refractivity contribution in [3.05, 3.63) is 84.7 Å². The smallest absolute Gasteiger partial charge is 0.173 e. The molecule has 104 valence electrons. The van der Waals surface area contributed by atoms with E-state index in [1.165, 1.54) is 0 Å². The Morgan fingerprint density at radius 2 is 1.52 bits per heavy atom. The molecule has 1 aromatic heterocycles. The minimum Gasteiger partial charge on any atom is -0.323 e. The molecule has 3 rings (SSSR count). The van der Waals surface area contributed by atoms with E-state index < -0.39 is 0 Å². The van der Waals surface area contributed by atoms with Gasteiger partial charge in [-0.2, -0.15) is 0 Å². The lowest BCUT2D eigenvalue weighted by atomic mass is 10.2. The van der Waals surface area contributed by atoms with Crippen LogP contribution in [-0.2, 0) is 0 Å². The quantitative estimate of drug-likeness (QED) is 0.512. The number of rotatable bonds is 5. The van der Waals surface area contributed by atoms with Gasteiger partial charge in [-0.1, -0.05) is 42.5 Å². The molecular formula is C18H15NOS. The second-order valence-electron chi connectivity index (χ2n) is 4.64. The van der Waals surface area contributed by atoms with Crippen molar-refractivity contribution in [3.8, 4) is 5.69 Å². The van der Waals surface area contributed by atoms with Crippen LogP contribution in [0.5, 0.6) is 0 Å². The highest BCUT2D eigenvalue weighted by molar-refractivity contribution is 8.00. The summed E-state index contributed by atoms with van der Waals surface area (Å²) in [7, 11) is 0. The predicted molar refractivity (Wildman–Crippen MR) is 87.3 cm³/mol. The van der Waals surface area contributed by atoms with E-state index in [2.05, 4.69) is 16.7 Å². The first-order valence-corrected chi connectivity index (χ1v) is 7.76. The summed E-state index contributed by atoms with van der Waals surface area (Å²) in [4.78, 5) is 13.3. The maximum absolute atomic E-state index is 12.2. The zero-order valence-corrected chi connectivity index (χ0v) is 12.3. The number of para-hydroxylation sites is 1. The molecular weight excluding hydrogens is 278 g/mol. The van der Waals surface area contributed by atoms with Crippen LogP contribution in [0.2, 0.25) is 0 Å². The van der Waals surface area contributed by atoms with E-state index in [1.54, 1.807) is 11.8 Å². The Hall–Kier alpha value is -2.26. The fourth-order valence-corrected chi connectivity index (χ4v) is 3.09. The van der Waals surface area contributed by atoms with Gasteiger partial charge in [0.15, 0.2) is 5.78 Å². The molecule has 0 atom stereocenters. The fraction of sp³-hybridized carbons (Fsp3) is 0.0556. The van der Waals surface area contributed by atoms with Crippen LogP contribution in [0, 0.1) is 0 Å². The van der Waals surface area contributed by atoms with Crippen molar-refractivity contribution in [1.82, 2.24) is 4.57 Å². The normalized spacial score (nSPS) is 10.5. The number of carbonyl (C=O) groups is 1. The van der Waals surface area contributed by atoms with E-state index in [0.29, 0.717) is 5.75 Å². The maximum atomic E-state index is 12.2. The van der Waals surface area contributed by atoms with Crippen LogP contribution in [0.1, 0.15) is 10.4 Å². The van der Waals surface area contributed by atoms with Gasteiger partial charge in [0, 0.05) is 22.9 Å². The molecule has 1 heterocycles. The number of nitrogens with zero attached hydrogens (tertiary/aromatic N) is 1. The minimum atomic E-state index is 0.155. The highest BCUT2D eigenvalue weighted by Crippen LogP contribution is 2.26. The largest absolute Gasteiger partial charge is 0.323 e. The van der Waals surface area contributed by atoms with Crippen LogP contribution in [0.3, 0.4) is 0 Å². The molecule has 0 fully saturated rings. The van der Waals surface area contributed by atoms with Crippen LogP contribution in [0.4, 0.5) is 0 Å². The molecule has 0 bridgehead atoms. The molecule has 0 aliphatic heterocycles. The average Bonchev–Trinajstić information content (AvgIpc) is 3.08. The summed E-state index contributed by atoms with van der Waals surface area (Å²) in [6, 6.07) is 21.6. The number of thioether (sulfide) groups is 1. The summed E-state index contributed by atoms with van der Waals surface area (Å²) in [5.41, 5.74) is 1.87. The molecule has 3 aromatic rings. The third-order valence-corrected chi connectivity index (χ3v) is 4.27. The van der Waals surface area contributed by atoms with Gasteiger partial charge < -0.3 is 4.57 Å². The van der Waals surface area contributed by atoms with Gasteiger partial charge in [-0.05, 0) is 24.3 Å². The average molecular weight is 293 g/mol. The van der Waals surface area contributed by atoms with E-state index >= 15 is 0 Å². The molecule has 0 aliphatic rings. The van der Waals surface area contributed by atoms with Gasteiger partial charge in [-0.3, -0.25) is 4.79 Å². The molecule has 0 amide bonds. The van der Waals surface area contributed by atoms with Gasteiger partial charge in [0.2, 0.25) is 0 Å². The van der Waals surface area contributed by atoms with Gasteiger partial charge in [0.1, 0.15) is 0 Å². The number of carbonyl (C=O) groups excluding carboxylic acids is 1. The summed E-state index contributed by atoms with van der Waals surface area (Å²) in [5.74, 6) is 0.602. The van der Waals surface area contributed by atoms with Gasteiger partial charge in [0.25, 0.3) is 0 Å². The number of aromatic nitrogens is 1. The molecule has 0 unspecified atom stereocenters. The van der Waals surface area contributed by atoms with E-state index in [4.69, 9.17) is 0 Å². The standard InChI is InChI=1S/C18H15NOS/c20-17(15-8-2-1-3-9-15)14-21-18-11-5-4-10-16(18)19-12-6-7-13-19/h1-13H,14H2.